The number of carbonyl (C=O) groups excluding carboxylic acids is 15. The standard InChI is InChI=1S/C95H121N16O18PS/c1-10-11-32-76-93(127)107(6)53-80(115)99-71(50-82(117)130)88(122)106-83(57(4)5)95(129)109(8)77(47-59-26-17-13-18-27-59)90(124)104-73(46-62-36-40-65(113)41-37-62)92(126)111-42-23-33-75(111)89(123)103-70(49-63-51-97-67-31-22-21-30-66(63)67)87(121)102-69(44-61-34-38-64(112)39-35-61)86(120)101-68(43-56(2)3)85(119)105-74(84(118)98-52-79(96)114)54-131-55-81(116)100-72(45-58-24-15-12-16-25-58)91(125)110(9)78(94(128)108(76)7)48-60-28-19-14-20-29-60/h12-22,24-31,34-41,51,56-57,68-78,83,97,112-113,117,130H,10-11,23,32-33,42-50,52-55H2,1-9H3,(H2,96,114)(H,98,118)(H,99,115)(H,100,116)(H,101,120)(H,102,121)(H,103,123)(H,104,124)(H,105,119)(H,106,122)/t68-,69-,70-,71-,72-,73-,74-,75+,76-,77-,78-,83-/m0/s1. The summed E-state index contributed by atoms with van der Waals surface area (Å²) in [6.45, 7) is 7.20. The fourth-order valence-corrected chi connectivity index (χ4v) is 17.0. The molecule has 9 rings (SSSR count). The van der Waals surface area contributed by atoms with Crippen molar-refractivity contribution in [3.05, 3.63) is 203 Å². The van der Waals surface area contributed by atoms with Gasteiger partial charge < -0.3 is 98.4 Å². The molecule has 0 aliphatic carbocycles. The lowest BCUT2D eigenvalue weighted by atomic mass is 9.98. The van der Waals surface area contributed by atoms with Crippen LogP contribution in [0.1, 0.15) is 113 Å². The van der Waals surface area contributed by atoms with Crippen LogP contribution in [-0.4, -0.2) is 271 Å². The zero-order valence-corrected chi connectivity index (χ0v) is 77.0. The number of H-pyrrole nitrogens is 1. The molecule has 2 saturated heterocycles. The Kier molecular flexibility index (Phi) is 38.2. The van der Waals surface area contributed by atoms with E-state index in [0.29, 0.717) is 57.1 Å². The maximum absolute atomic E-state index is 15.8. The molecule has 34 nitrogen and oxygen atoms in total. The fourth-order valence-electron chi connectivity index (χ4n) is 15.9. The van der Waals surface area contributed by atoms with Gasteiger partial charge in [0.15, 0.2) is 0 Å². The van der Waals surface area contributed by atoms with Crippen molar-refractivity contribution in [1.82, 2.24) is 77.3 Å². The monoisotopic (exact) mass is 1840 g/mol. The number of rotatable bonds is 23. The van der Waals surface area contributed by atoms with Gasteiger partial charge in [0.05, 0.1) is 24.3 Å². The molecule has 2 fully saturated rings. The summed E-state index contributed by atoms with van der Waals surface area (Å²) in [5, 5.41) is 57.0. The number of hydrogen-bond donors (Lipinski definition) is 14. The van der Waals surface area contributed by atoms with Crippen molar-refractivity contribution < 1.29 is 87.2 Å². The van der Waals surface area contributed by atoms with Crippen LogP contribution in [0, 0.1) is 11.8 Å². The largest absolute Gasteiger partial charge is 0.508 e. The molecular weight excluding hydrogens is 1720 g/mol. The van der Waals surface area contributed by atoms with Crippen molar-refractivity contribution in [2.45, 2.75) is 191 Å². The minimum absolute atomic E-state index is 0.0395. The first-order chi connectivity index (χ1) is 62.5. The van der Waals surface area contributed by atoms with Crippen LogP contribution in [0.5, 0.6) is 11.5 Å². The number of benzene rings is 6. The molecule has 15 amide bonds. The van der Waals surface area contributed by atoms with Crippen LogP contribution >= 0.6 is 20.6 Å². The predicted molar refractivity (Wildman–Crippen MR) is 497 cm³/mol. The third kappa shape index (κ3) is 29.8. The van der Waals surface area contributed by atoms with Gasteiger partial charge in [-0.25, -0.2) is 0 Å². The number of phenolic OH excluding ortho intramolecular Hbond substituents is 2. The van der Waals surface area contributed by atoms with Gasteiger partial charge in [-0.15, -0.1) is 11.8 Å². The Morgan fingerprint density at radius 2 is 0.985 bits per heavy atom. The molecule has 3 heterocycles. The molecular formula is C95H121N16O18PS. The highest BCUT2D eigenvalue weighted by molar-refractivity contribution is 8.00. The first kappa shape index (κ1) is 102. The lowest BCUT2D eigenvalue weighted by Crippen LogP contribution is -2.62. The summed E-state index contributed by atoms with van der Waals surface area (Å²) < 4.78 is 0. The Bertz CT molecular complexity index is 5170. The lowest BCUT2D eigenvalue weighted by Gasteiger charge is -2.37. The van der Waals surface area contributed by atoms with E-state index in [1.54, 1.807) is 149 Å². The van der Waals surface area contributed by atoms with Crippen LogP contribution in [-0.2, 0) is 110 Å². The summed E-state index contributed by atoms with van der Waals surface area (Å²) in [6.07, 6.45) is 1.17. The molecule has 0 unspecified atom stereocenters. The Balaban J connectivity index is 1.12. The second-order valence-electron chi connectivity index (χ2n) is 34.1. The molecule has 2 aliphatic heterocycles. The highest BCUT2D eigenvalue weighted by atomic mass is 32.2. The van der Waals surface area contributed by atoms with E-state index in [1.165, 1.54) is 91.4 Å². The van der Waals surface area contributed by atoms with Gasteiger partial charge in [-0.1, -0.05) is 190 Å². The number of aromatic hydroxyl groups is 2. The SMILES string of the molecule is CCCC[C@H]1C(=O)N(C)CC(=O)N[C@@H](CC(O)=P)C(=O)N[C@@H](C(C)C)C(=O)N(C)[C@@H](Cc2ccccc2)C(=O)N[C@@H](Cc2ccc(O)cc2)C(=O)N2CCC[C@@H]2C(=O)N[C@@H](Cc2c[nH]c3ccccc23)C(=O)N[C@@H](Cc2ccc(O)cc2)C(=O)N[C@@H](CC(C)C)C(=O)N[C@H](C(=O)NCC(N)=O)CSCC(=O)N[C@@H](Cc2ccccc2)C(=O)N(C)[C@@H](Cc2ccccc2)C(=O)N1C. The number of nitrogens with two attached hydrogens (primary N) is 1. The fraction of sp³-hybridized carbons (Fsp3) is 0.432. The number of phenols is 2. The molecule has 2 aliphatic rings. The maximum atomic E-state index is 15.8. The number of primary amides is 1. The average molecular weight is 1840 g/mol. The first-order valence-electron chi connectivity index (χ1n) is 43.9. The second-order valence-corrected chi connectivity index (χ2v) is 35.7. The van der Waals surface area contributed by atoms with E-state index in [2.05, 4.69) is 61.7 Å². The van der Waals surface area contributed by atoms with Crippen molar-refractivity contribution >= 4 is 126 Å². The minimum Gasteiger partial charge on any atom is -0.508 e. The van der Waals surface area contributed by atoms with Crippen LogP contribution in [0.4, 0.5) is 0 Å². The number of fused-ring (bicyclic) bond motifs is 2. The van der Waals surface area contributed by atoms with Crippen LogP contribution in [0.25, 0.3) is 10.9 Å². The summed E-state index contributed by atoms with van der Waals surface area (Å²) >= 11 is 0.844. The van der Waals surface area contributed by atoms with Crippen LogP contribution in [0.3, 0.4) is 0 Å². The quantitative estimate of drug-likeness (QED) is 0.0408. The van der Waals surface area contributed by atoms with Crippen molar-refractivity contribution in [3.63, 3.8) is 0 Å². The third-order valence-electron chi connectivity index (χ3n) is 23.1. The second kappa shape index (κ2) is 49.1. The summed E-state index contributed by atoms with van der Waals surface area (Å²) in [5.41, 5.74) is 8.82. The first-order valence-corrected chi connectivity index (χ1v) is 45.5. The molecule has 6 aromatic carbocycles. The molecule has 0 radical (unpaired) electrons. The van der Waals surface area contributed by atoms with E-state index in [0.717, 1.165) is 21.6 Å². The molecule has 0 spiro atoms. The van der Waals surface area contributed by atoms with E-state index in [9.17, 15) is 39.3 Å². The summed E-state index contributed by atoms with van der Waals surface area (Å²) in [6, 6.07) is 27.2. The summed E-state index contributed by atoms with van der Waals surface area (Å²) in [7, 11) is 8.52. The maximum Gasteiger partial charge on any atom is 0.246 e. The number of nitrogens with one attached hydrogen (secondary N) is 10. The smallest absolute Gasteiger partial charge is 0.246 e. The molecule has 12 atom stereocenters. The van der Waals surface area contributed by atoms with Gasteiger partial charge in [0.1, 0.15) is 84.0 Å². The summed E-state index contributed by atoms with van der Waals surface area (Å²) in [4.78, 5) is 234. The number of aromatic nitrogens is 1. The van der Waals surface area contributed by atoms with Gasteiger partial charge in [-0.2, -0.15) is 0 Å². The molecule has 0 bridgehead atoms. The van der Waals surface area contributed by atoms with E-state index in [-0.39, 0.29) is 93.9 Å². The van der Waals surface area contributed by atoms with E-state index >= 15 is 47.9 Å². The van der Waals surface area contributed by atoms with E-state index in [4.69, 9.17) is 5.73 Å². The number of para-hydroxylation sites is 1. The topological polar surface area (TPSA) is 483 Å². The zero-order chi connectivity index (χ0) is 95.3. The highest BCUT2D eigenvalue weighted by Crippen LogP contribution is 2.27. The van der Waals surface area contributed by atoms with E-state index in [1.807, 2.05) is 6.92 Å². The number of likely N-dealkylation sites (N-methyl/N-ethyl adjacent to an activating group) is 4. The number of amides is 15. The average Bonchev–Trinajstić information content (AvgIpc) is 1.77. The van der Waals surface area contributed by atoms with Crippen LogP contribution < -0.4 is 53.6 Å². The van der Waals surface area contributed by atoms with Gasteiger partial charge in [0, 0.05) is 103 Å². The Morgan fingerprint density at radius 1 is 0.504 bits per heavy atom. The normalized spacial score (nSPS) is 22.7. The minimum atomic E-state index is -1.64. The highest BCUT2D eigenvalue weighted by Gasteiger charge is 2.44. The summed E-state index contributed by atoms with van der Waals surface area (Å²) in [5.74, 6) is -14.9. The van der Waals surface area contributed by atoms with Crippen molar-refractivity contribution in [2.24, 2.45) is 17.6 Å². The Hall–Kier alpha value is -13.0. The number of nitrogens with zero attached hydrogens (tertiary/aromatic N) is 5. The number of aliphatic hydroxyl groups is 1. The van der Waals surface area contributed by atoms with Crippen molar-refractivity contribution in [3.8, 4) is 11.5 Å². The van der Waals surface area contributed by atoms with Crippen LogP contribution in [0.2, 0.25) is 0 Å². The number of carbonyl (C=O) groups is 15. The molecule has 0 saturated carbocycles. The van der Waals surface area contributed by atoms with E-state index < -0.39 is 198 Å². The number of hydrogen-bond acceptors (Lipinski definition) is 18. The Labute approximate surface area is 768 Å². The molecule has 36 heteroatoms. The van der Waals surface area contributed by atoms with Gasteiger partial charge >= 0.3 is 0 Å². The number of aromatic amines is 1. The lowest BCUT2D eigenvalue weighted by molar-refractivity contribution is -0.151. The number of aliphatic hydroxyl groups excluding tert-OH is 1. The molecule has 1 aromatic heterocycles. The predicted octanol–water partition coefficient (Wildman–Crippen LogP) is 3.42. The molecule has 15 N–H and O–H groups in total. The van der Waals surface area contributed by atoms with Gasteiger partial charge in [-0.3, -0.25) is 71.9 Å². The van der Waals surface area contributed by atoms with Gasteiger partial charge in [0.25, 0.3) is 0 Å². The number of thioether (sulfide) groups is 1. The van der Waals surface area contributed by atoms with Crippen molar-refractivity contribution in [2.75, 3.05) is 59.3 Å². The van der Waals surface area contributed by atoms with Gasteiger partial charge in [0.2, 0.25) is 88.6 Å². The number of unbranched alkanes of at least 4 members (excludes halogenated alkanes) is 1. The molecule has 131 heavy (non-hydrogen) atoms. The Morgan fingerprint density at radius 3 is 1.55 bits per heavy atom. The molecule has 7 aromatic rings. The molecule has 700 valence electrons. The van der Waals surface area contributed by atoms with Crippen LogP contribution in [0.15, 0.2) is 170 Å². The third-order valence-corrected chi connectivity index (χ3v) is 24.4. The van der Waals surface area contributed by atoms with Crippen molar-refractivity contribution in [1.29, 1.82) is 0 Å². The van der Waals surface area contributed by atoms with Gasteiger partial charge in [-0.05, 0) is 101 Å². The zero-order valence-electron chi connectivity index (χ0n) is 75.2.